The van der Waals surface area contributed by atoms with Gasteiger partial charge < -0.3 is 9.80 Å². The number of nitrogens with zero attached hydrogens (tertiary/aromatic N) is 3. The lowest BCUT2D eigenvalue weighted by Gasteiger charge is -2.31. The number of hydrogen-bond donors (Lipinski definition) is 0. The minimum Gasteiger partial charge on any atom is -0.377 e. The number of rotatable bonds is 4. The van der Waals surface area contributed by atoms with E-state index < -0.39 is 5.91 Å². The van der Waals surface area contributed by atoms with E-state index in [1.807, 2.05) is 37.2 Å². The zero-order valence-corrected chi connectivity index (χ0v) is 18.7. The lowest BCUT2D eigenvalue weighted by Crippen LogP contribution is -2.45. The van der Waals surface area contributed by atoms with Crippen LogP contribution in [0.2, 0.25) is 0 Å². The molecule has 3 amide bonds. The summed E-state index contributed by atoms with van der Waals surface area (Å²) in [7, 11) is 3.90. The van der Waals surface area contributed by atoms with Crippen LogP contribution in [0.15, 0.2) is 27.6 Å². The van der Waals surface area contributed by atoms with E-state index in [1.54, 1.807) is 11.0 Å². The fourth-order valence-electron chi connectivity index (χ4n) is 3.26. The van der Waals surface area contributed by atoms with Crippen molar-refractivity contribution in [1.82, 2.24) is 9.80 Å². The molecule has 6 nitrogen and oxygen atoms in total. The van der Waals surface area contributed by atoms with Gasteiger partial charge in [-0.05, 0) is 70.2 Å². The van der Waals surface area contributed by atoms with E-state index in [2.05, 4.69) is 22.9 Å². The summed E-state index contributed by atoms with van der Waals surface area (Å²) >= 11 is 4.41. The molecule has 2 saturated heterocycles. The van der Waals surface area contributed by atoms with Gasteiger partial charge >= 0.3 is 0 Å². The summed E-state index contributed by atoms with van der Waals surface area (Å²) in [6, 6.07) is 5.75. The normalized spacial score (nSPS) is 19.6. The van der Waals surface area contributed by atoms with Crippen molar-refractivity contribution in [2.45, 2.75) is 19.8 Å². The number of carbonyl (C=O) groups excluding carboxylic acids is 3. The van der Waals surface area contributed by atoms with Crippen LogP contribution in [0.3, 0.4) is 0 Å². The van der Waals surface area contributed by atoms with Gasteiger partial charge in [0.05, 0.1) is 10.6 Å². The Balaban J connectivity index is 1.70. The average Bonchev–Trinajstić information content (AvgIpc) is 2.89. The van der Waals surface area contributed by atoms with Gasteiger partial charge in [0.1, 0.15) is 6.54 Å². The minimum atomic E-state index is -0.401. The van der Waals surface area contributed by atoms with Crippen LogP contribution in [-0.2, 0) is 9.59 Å². The van der Waals surface area contributed by atoms with Crippen LogP contribution in [-0.4, -0.2) is 60.6 Å². The van der Waals surface area contributed by atoms with Crippen LogP contribution in [0.4, 0.5) is 10.5 Å². The van der Waals surface area contributed by atoms with E-state index >= 15 is 0 Å². The number of benzene rings is 1. The molecule has 0 spiro atoms. The first-order chi connectivity index (χ1) is 13.3. The van der Waals surface area contributed by atoms with Crippen LogP contribution < -0.4 is 4.90 Å². The van der Waals surface area contributed by atoms with Gasteiger partial charge in [-0.15, -0.1) is 0 Å². The van der Waals surface area contributed by atoms with Gasteiger partial charge in [0.2, 0.25) is 5.91 Å². The van der Waals surface area contributed by atoms with Gasteiger partial charge in [0.25, 0.3) is 11.1 Å². The van der Waals surface area contributed by atoms with Gasteiger partial charge in [0, 0.05) is 31.7 Å². The Bertz CT molecular complexity index is 832. The number of anilines is 1. The summed E-state index contributed by atoms with van der Waals surface area (Å²) < 4.78 is 0.903. The fourth-order valence-corrected chi connectivity index (χ4v) is 4.85. The van der Waals surface area contributed by atoms with Crippen molar-refractivity contribution in [3.8, 4) is 0 Å². The molecule has 0 radical (unpaired) electrons. The molecule has 1 aromatic carbocycles. The van der Waals surface area contributed by atoms with Crippen LogP contribution >= 0.6 is 27.7 Å². The third kappa shape index (κ3) is 4.60. The number of imide groups is 1. The summed E-state index contributed by atoms with van der Waals surface area (Å²) in [4.78, 5) is 42.6. The molecule has 8 heteroatoms. The van der Waals surface area contributed by atoms with Crippen LogP contribution in [0, 0.1) is 5.92 Å². The van der Waals surface area contributed by atoms with Crippen LogP contribution in [0.25, 0.3) is 6.08 Å². The third-order valence-corrected chi connectivity index (χ3v) is 6.60. The van der Waals surface area contributed by atoms with Crippen LogP contribution in [0.5, 0.6) is 0 Å². The molecule has 28 heavy (non-hydrogen) atoms. The highest BCUT2D eigenvalue weighted by Crippen LogP contribution is 2.34. The van der Waals surface area contributed by atoms with Gasteiger partial charge in [-0.25, -0.2) is 0 Å². The molecule has 3 rings (SSSR count). The molecule has 2 aliphatic rings. The second-order valence-corrected chi connectivity index (χ2v) is 9.28. The topological polar surface area (TPSA) is 60.9 Å². The minimum absolute atomic E-state index is 0.159. The maximum absolute atomic E-state index is 12.7. The van der Waals surface area contributed by atoms with E-state index in [4.69, 9.17) is 0 Å². The first kappa shape index (κ1) is 20.9. The first-order valence-electron chi connectivity index (χ1n) is 9.26. The molecule has 0 unspecified atom stereocenters. The zero-order valence-electron chi connectivity index (χ0n) is 16.3. The lowest BCUT2D eigenvalue weighted by atomic mass is 9.99. The second kappa shape index (κ2) is 8.69. The first-order valence-corrected chi connectivity index (χ1v) is 10.9. The molecule has 0 saturated carbocycles. The van der Waals surface area contributed by atoms with Gasteiger partial charge in [-0.2, -0.15) is 0 Å². The van der Waals surface area contributed by atoms with Crippen molar-refractivity contribution >= 4 is 56.5 Å². The van der Waals surface area contributed by atoms with E-state index in [9.17, 15) is 14.4 Å². The van der Waals surface area contributed by atoms with Gasteiger partial charge in [-0.3, -0.25) is 19.3 Å². The predicted molar refractivity (Wildman–Crippen MR) is 116 cm³/mol. The predicted octanol–water partition coefficient (Wildman–Crippen LogP) is 3.81. The van der Waals surface area contributed by atoms with Crippen molar-refractivity contribution in [2.75, 3.05) is 38.6 Å². The molecule has 2 heterocycles. The lowest BCUT2D eigenvalue weighted by molar-refractivity contribution is -0.136. The van der Waals surface area contributed by atoms with Crippen molar-refractivity contribution < 1.29 is 14.4 Å². The molecule has 0 aromatic heterocycles. The number of hydrogen-bond acceptors (Lipinski definition) is 5. The molecular formula is C20H24BrN3O3S. The highest BCUT2D eigenvalue weighted by atomic mass is 79.9. The average molecular weight is 466 g/mol. The summed E-state index contributed by atoms with van der Waals surface area (Å²) in [5, 5.41) is -0.390. The highest BCUT2D eigenvalue weighted by molar-refractivity contribution is 9.10. The van der Waals surface area contributed by atoms with Gasteiger partial charge in [-0.1, -0.05) is 13.0 Å². The van der Waals surface area contributed by atoms with E-state index in [0.717, 1.165) is 45.2 Å². The Morgan fingerprint density at radius 2 is 1.96 bits per heavy atom. The maximum atomic E-state index is 12.7. The second-order valence-electron chi connectivity index (χ2n) is 7.44. The quantitative estimate of drug-likeness (QED) is 0.632. The number of halogens is 1. The molecule has 0 bridgehead atoms. The maximum Gasteiger partial charge on any atom is 0.294 e. The zero-order chi connectivity index (χ0) is 20.4. The molecule has 2 fully saturated rings. The number of amides is 3. The Kier molecular flexibility index (Phi) is 6.50. The molecule has 0 aliphatic carbocycles. The van der Waals surface area contributed by atoms with Crippen LogP contribution in [0.1, 0.15) is 25.3 Å². The molecule has 0 atom stereocenters. The van der Waals surface area contributed by atoms with Crippen molar-refractivity contribution in [1.29, 1.82) is 0 Å². The Morgan fingerprint density at radius 3 is 2.57 bits per heavy atom. The summed E-state index contributed by atoms with van der Waals surface area (Å²) in [6.45, 7) is 3.38. The van der Waals surface area contributed by atoms with Crippen molar-refractivity contribution in [2.24, 2.45) is 5.92 Å². The SMILES string of the molecule is CC1CCN(C(=O)CN2C(=O)SC(=Cc3ccc(N(C)C)c(Br)c3)C2=O)CC1. The summed E-state index contributed by atoms with van der Waals surface area (Å²) in [5.74, 6) is 0.0532. The molecule has 150 valence electrons. The summed E-state index contributed by atoms with van der Waals surface area (Å²) in [6.07, 6.45) is 3.62. The number of likely N-dealkylation sites (tertiary alicyclic amines) is 1. The van der Waals surface area contributed by atoms with E-state index in [0.29, 0.717) is 23.9 Å². The highest BCUT2D eigenvalue weighted by Gasteiger charge is 2.37. The summed E-state index contributed by atoms with van der Waals surface area (Å²) in [5.41, 5.74) is 1.84. The molecule has 0 N–H and O–H groups in total. The number of thioether (sulfide) groups is 1. The smallest absolute Gasteiger partial charge is 0.294 e. The molecule has 1 aromatic rings. The third-order valence-electron chi connectivity index (χ3n) is 5.05. The van der Waals surface area contributed by atoms with Gasteiger partial charge in [0.15, 0.2) is 0 Å². The Morgan fingerprint density at radius 1 is 1.29 bits per heavy atom. The number of carbonyl (C=O) groups is 3. The van der Waals surface area contributed by atoms with E-state index in [-0.39, 0.29) is 17.7 Å². The monoisotopic (exact) mass is 465 g/mol. The molecule has 2 aliphatic heterocycles. The van der Waals surface area contributed by atoms with E-state index in [1.165, 1.54) is 0 Å². The van der Waals surface area contributed by atoms with Crippen molar-refractivity contribution in [3.05, 3.63) is 33.1 Å². The standard InChI is InChI=1S/C20H24BrN3O3S/c1-13-6-8-23(9-7-13)18(25)12-24-19(26)17(28-20(24)27)11-14-4-5-16(22(2)3)15(21)10-14/h4-5,10-11,13H,6-9,12H2,1-3H3. The Hall–Kier alpha value is -1.80. The molecular weight excluding hydrogens is 442 g/mol. The fraction of sp³-hybridized carbons (Fsp3) is 0.450. The van der Waals surface area contributed by atoms with Crippen molar-refractivity contribution in [3.63, 3.8) is 0 Å². The number of piperidine rings is 1. The Labute approximate surface area is 178 Å². The largest absolute Gasteiger partial charge is 0.377 e.